The Morgan fingerprint density at radius 1 is 1.53 bits per heavy atom. The monoisotopic (exact) mass is 200 g/mol. The number of carboxylic acid groups (broad SMARTS) is 1. The standard InChI is InChI=1S/C12H8O3/c1-2-8-3-4-11-9(5-8)6-10(7-15-11)12(13)14/h1,3-6H,7H2,(H,13,14). The van der Waals surface area contributed by atoms with Gasteiger partial charge in [0, 0.05) is 11.1 Å². The summed E-state index contributed by atoms with van der Waals surface area (Å²) in [5.41, 5.74) is 1.66. The van der Waals surface area contributed by atoms with Crippen molar-refractivity contribution < 1.29 is 14.6 Å². The molecule has 74 valence electrons. The lowest BCUT2D eigenvalue weighted by molar-refractivity contribution is -0.132. The van der Waals surface area contributed by atoms with Crippen LogP contribution in [0.1, 0.15) is 11.1 Å². The van der Waals surface area contributed by atoms with Crippen LogP contribution in [0.15, 0.2) is 23.8 Å². The summed E-state index contributed by atoms with van der Waals surface area (Å²) in [6.07, 6.45) is 6.83. The first-order chi connectivity index (χ1) is 7.20. The van der Waals surface area contributed by atoms with Gasteiger partial charge in [0.2, 0.25) is 0 Å². The fraction of sp³-hybridized carbons (Fsp3) is 0.0833. The lowest BCUT2D eigenvalue weighted by Gasteiger charge is -2.15. The number of benzene rings is 1. The number of hydrogen-bond donors (Lipinski definition) is 1. The van der Waals surface area contributed by atoms with E-state index < -0.39 is 5.97 Å². The average molecular weight is 200 g/mol. The Balaban J connectivity index is 2.49. The molecule has 0 fully saturated rings. The minimum atomic E-state index is -0.966. The first-order valence-electron chi connectivity index (χ1n) is 4.38. The van der Waals surface area contributed by atoms with Crippen LogP contribution in [-0.4, -0.2) is 17.7 Å². The van der Waals surface area contributed by atoms with Crippen molar-refractivity contribution in [2.45, 2.75) is 0 Å². The molecule has 0 aromatic heterocycles. The second-order valence-corrected chi connectivity index (χ2v) is 3.16. The van der Waals surface area contributed by atoms with Gasteiger partial charge in [0.25, 0.3) is 0 Å². The summed E-state index contributed by atoms with van der Waals surface area (Å²) in [7, 11) is 0. The summed E-state index contributed by atoms with van der Waals surface area (Å²) in [5, 5.41) is 8.80. The van der Waals surface area contributed by atoms with Gasteiger partial charge in [-0.3, -0.25) is 0 Å². The zero-order valence-corrected chi connectivity index (χ0v) is 7.86. The molecule has 0 saturated carbocycles. The minimum Gasteiger partial charge on any atom is -0.488 e. The summed E-state index contributed by atoms with van der Waals surface area (Å²) >= 11 is 0. The van der Waals surface area contributed by atoms with Crippen molar-refractivity contribution >= 4 is 12.0 Å². The Labute approximate surface area is 87.0 Å². The third-order valence-electron chi connectivity index (χ3n) is 2.16. The predicted molar refractivity (Wildman–Crippen MR) is 55.5 cm³/mol. The van der Waals surface area contributed by atoms with Crippen LogP contribution in [0, 0.1) is 12.3 Å². The molecule has 0 spiro atoms. The van der Waals surface area contributed by atoms with Gasteiger partial charge in [0.15, 0.2) is 0 Å². The molecule has 0 saturated heterocycles. The molecule has 0 atom stereocenters. The highest BCUT2D eigenvalue weighted by atomic mass is 16.5. The van der Waals surface area contributed by atoms with Crippen LogP contribution in [0.4, 0.5) is 0 Å². The zero-order valence-electron chi connectivity index (χ0n) is 7.86. The van der Waals surface area contributed by atoms with Gasteiger partial charge >= 0.3 is 5.97 Å². The molecule has 1 heterocycles. The zero-order chi connectivity index (χ0) is 10.8. The van der Waals surface area contributed by atoms with Crippen LogP contribution >= 0.6 is 0 Å². The van der Waals surface area contributed by atoms with E-state index in [0.717, 1.165) is 0 Å². The quantitative estimate of drug-likeness (QED) is 0.699. The fourth-order valence-electron chi connectivity index (χ4n) is 1.39. The van der Waals surface area contributed by atoms with Gasteiger partial charge in [-0.05, 0) is 24.3 Å². The van der Waals surface area contributed by atoms with E-state index in [1.165, 1.54) is 0 Å². The number of hydrogen-bond acceptors (Lipinski definition) is 2. The third kappa shape index (κ3) is 1.70. The minimum absolute atomic E-state index is 0.0950. The molecule has 0 bridgehead atoms. The Morgan fingerprint density at radius 3 is 3.00 bits per heavy atom. The van der Waals surface area contributed by atoms with Crippen LogP contribution in [0.5, 0.6) is 5.75 Å². The second-order valence-electron chi connectivity index (χ2n) is 3.16. The highest BCUT2D eigenvalue weighted by molar-refractivity contribution is 5.93. The fourth-order valence-corrected chi connectivity index (χ4v) is 1.39. The van der Waals surface area contributed by atoms with Crippen LogP contribution in [0.3, 0.4) is 0 Å². The van der Waals surface area contributed by atoms with E-state index in [4.69, 9.17) is 16.3 Å². The maximum absolute atomic E-state index is 10.7. The third-order valence-corrected chi connectivity index (χ3v) is 2.16. The Morgan fingerprint density at radius 2 is 2.33 bits per heavy atom. The normalized spacial score (nSPS) is 13.1. The van der Waals surface area contributed by atoms with E-state index in [1.807, 2.05) is 0 Å². The summed E-state index contributed by atoms with van der Waals surface area (Å²) in [4.78, 5) is 10.7. The maximum Gasteiger partial charge on any atom is 0.335 e. The van der Waals surface area contributed by atoms with Crippen molar-refractivity contribution in [2.75, 3.05) is 6.61 Å². The number of terminal acetylenes is 1. The number of carboxylic acids is 1. The van der Waals surface area contributed by atoms with E-state index in [-0.39, 0.29) is 12.2 Å². The molecule has 2 rings (SSSR count). The molecule has 3 nitrogen and oxygen atoms in total. The first kappa shape index (κ1) is 9.35. The van der Waals surface area contributed by atoms with Crippen molar-refractivity contribution in [3.05, 3.63) is 34.9 Å². The maximum atomic E-state index is 10.7. The number of carbonyl (C=O) groups is 1. The van der Waals surface area contributed by atoms with E-state index >= 15 is 0 Å². The Bertz CT molecular complexity index is 492. The smallest absolute Gasteiger partial charge is 0.335 e. The lowest BCUT2D eigenvalue weighted by Crippen LogP contribution is -2.14. The van der Waals surface area contributed by atoms with Crippen molar-refractivity contribution in [1.82, 2.24) is 0 Å². The summed E-state index contributed by atoms with van der Waals surface area (Å²) in [6.45, 7) is 0.0950. The summed E-state index contributed by atoms with van der Waals surface area (Å²) in [6, 6.07) is 5.25. The molecule has 0 radical (unpaired) electrons. The second kappa shape index (κ2) is 3.50. The molecule has 0 amide bonds. The molecule has 0 unspecified atom stereocenters. The molecule has 3 heteroatoms. The van der Waals surface area contributed by atoms with Crippen LogP contribution in [0.25, 0.3) is 6.08 Å². The van der Waals surface area contributed by atoms with Crippen molar-refractivity contribution in [2.24, 2.45) is 0 Å². The van der Waals surface area contributed by atoms with Gasteiger partial charge in [0.1, 0.15) is 12.4 Å². The van der Waals surface area contributed by atoms with Crippen LogP contribution in [0.2, 0.25) is 0 Å². The van der Waals surface area contributed by atoms with E-state index in [2.05, 4.69) is 5.92 Å². The first-order valence-corrected chi connectivity index (χ1v) is 4.38. The predicted octanol–water partition coefficient (Wildman–Crippen LogP) is 1.53. The van der Waals surface area contributed by atoms with Crippen molar-refractivity contribution in [3.8, 4) is 18.1 Å². The molecule has 1 aliphatic rings. The number of ether oxygens (including phenoxy) is 1. The SMILES string of the molecule is C#Cc1ccc2c(c1)C=C(C(=O)O)CO2. The van der Waals surface area contributed by atoms with E-state index in [1.54, 1.807) is 24.3 Å². The van der Waals surface area contributed by atoms with Gasteiger partial charge in [-0.25, -0.2) is 4.79 Å². The highest BCUT2D eigenvalue weighted by Crippen LogP contribution is 2.27. The number of rotatable bonds is 1. The topological polar surface area (TPSA) is 46.5 Å². The summed E-state index contributed by atoms with van der Waals surface area (Å²) in [5.74, 6) is 2.19. The molecule has 1 aromatic carbocycles. The lowest BCUT2D eigenvalue weighted by atomic mass is 10.0. The van der Waals surface area contributed by atoms with Crippen molar-refractivity contribution in [3.63, 3.8) is 0 Å². The van der Waals surface area contributed by atoms with E-state index in [0.29, 0.717) is 16.9 Å². The van der Waals surface area contributed by atoms with Gasteiger partial charge in [-0.1, -0.05) is 5.92 Å². The van der Waals surface area contributed by atoms with E-state index in [9.17, 15) is 4.79 Å². The largest absolute Gasteiger partial charge is 0.488 e. The van der Waals surface area contributed by atoms with Crippen molar-refractivity contribution in [1.29, 1.82) is 0 Å². The molecule has 1 aliphatic heterocycles. The molecular formula is C12H8O3. The molecule has 1 N–H and O–H groups in total. The average Bonchev–Trinajstić information content (AvgIpc) is 2.27. The Hall–Kier alpha value is -2.21. The number of fused-ring (bicyclic) bond motifs is 1. The van der Waals surface area contributed by atoms with Gasteiger partial charge in [0.05, 0.1) is 5.57 Å². The summed E-state index contributed by atoms with van der Waals surface area (Å²) < 4.78 is 5.28. The number of aliphatic carboxylic acids is 1. The Kier molecular flexibility index (Phi) is 2.18. The van der Waals surface area contributed by atoms with Gasteiger partial charge < -0.3 is 9.84 Å². The highest BCUT2D eigenvalue weighted by Gasteiger charge is 2.16. The molecule has 15 heavy (non-hydrogen) atoms. The molecular weight excluding hydrogens is 192 g/mol. The van der Waals surface area contributed by atoms with Gasteiger partial charge in [-0.2, -0.15) is 0 Å². The van der Waals surface area contributed by atoms with Crippen LogP contribution < -0.4 is 4.74 Å². The van der Waals surface area contributed by atoms with Gasteiger partial charge in [-0.15, -0.1) is 6.42 Å². The molecule has 0 aliphatic carbocycles. The van der Waals surface area contributed by atoms with Crippen LogP contribution in [-0.2, 0) is 4.79 Å². The molecule has 1 aromatic rings.